The van der Waals surface area contributed by atoms with Crippen LogP contribution < -0.4 is 15.1 Å². The first-order chi connectivity index (χ1) is 19.4. The second-order valence-electron chi connectivity index (χ2n) is 11.0. The monoisotopic (exact) mass is 530 g/mol. The number of nitrogens with zero attached hydrogens (tertiary/aromatic N) is 3. The number of anilines is 3. The molecule has 1 saturated heterocycles. The smallest absolute Gasteiger partial charge is 0.258 e. The quantitative estimate of drug-likeness (QED) is 0.340. The largest absolute Gasteiger partial charge is 0.363 e. The molecule has 0 bridgehead atoms. The molecule has 0 aliphatic carbocycles. The molecule has 0 spiro atoms. The Labute approximate surface area is 235 Å². The van der Waals surface area contributed by atoms with E-state index >= 15 is 0 Å². The third-order valence-corrected chi connectivity index (χ3v) is 8.17. The zero-order valence-corrected chi connectivity index (χ0v) is 23.2. The van der Waals surface area contributed by atoms with Crippen LogP contribution in [0.2, 0.25) is 0 Å². The van der Waals surface area contributed by atoms with Crippen molar-refractivity contribution >= 4 is 28.9 Å². The number of amides is 2. The van der Waals surface area contributed by atoms with E-state index in [9.17, 15) is 9.59 Å². The Balaban J connectivity index is 1.20. The first-order valence-electron chi connectivity index (χ1n) is 13.8. The van der Waals surface area contributed by atoms with Gasteiger partial charge < -0.3 is 20.0 Å². The fraction of sp³-hybridized carbons (Fsp3) is 0.235. The molecule has 1 fully saturated rings. The third kappa shape index (κ3) is 4.87. The number of hydrogen-bond donors (Lipinski definition) is 1. The van der Waals surface area contributed by atoms with E-state index in [1.165, 1.54) is 5.56 Å². The molecule has 6 heteroatoms. The Bertz CT molecular complexity index is 1550. The van der Waals surface area contributed by atoms with Crippen LogP contribution in [0.25, 0.3) is 11.1 Å². The zero-order chi connectivity index (χ0) is 27.8. The summed E-state index contributed by atoms with van der Waals surface area (Å²) < 4.78 is 0. The van der Waals surface area contributed by atoms with Gasteiger partial charge in [-0.05, 0) is 81.0 Å². The van der Waals surface area contributed by atoms with E-state index in [1.54, 1.807) is 24.3 Å². The summed E-state index contributed by atoms with van der Waals surface area (Å²) in [7, 11) is 4.25. The molecular formula is C34H34N4O2. The fourth-order valence-electron chi connectivity index (χ4n) is 5.89. The SMILES string of the molecule is Cc1ccc(-c2ccccc2C(=O)Nc2ccc(C(=O)N3CC4CC(N(C)C)CN4c4ccccc43)cc2)cc1. The molecule has 202 valence electrons. The van der Waals surface area contributed by atoms with Crippen LogP contribution in [0.5, 0.6) is 0 Å². The second kappa shape index (κ2) is 10.6. The average Bonchev–Trinajstić information content (AvgIpc) is 3.42. The van der Waals surface area contributed by atoms with Crippen LogP contribution in [-0.2, 0) is 0 Å². The maximum Gasteiger partial charge on any atom is 0.258 e. The van der Waals surface area contributed by atoms with Crippen LogP contribution in [-0.4, -0.2) is 56.0 Å². The Morgan fingerprint density at radius 1 is 0.800 bits per heavy atom. The van der Waals surface area contributed by atoms with Crippen LogP contribution in [0.3, 0.4) is 0 Å². The molecule has 6 nitrogen and oxygen atoms in total. The van der Waals surface area contributed by atoms with Crippen molar-refractivity contribution in [2.75, 3.05) is 42.3 Å². The van der Waals surface area contributed by atoms with Crippen molar-refractivity contribution in [3.8, 4) is 11.1 Å². The highest BCUT2D eigenvalue weighted by molar-refractivity contribution is 6.10. The summed E-state index contributed by atoms with van der Waals surface area (Å²) in [4.78, 5) is 33.7. The van der Waals surface area contributed by atoms with Crippen molar-refractivity contribution in [3.63, 3.8) is 0 Å². The van der Waals surface area contributed by atoms with Crippen LogP contribution in [0.4, 0.5) is 17.1 Å². The maximum atomic E-state index is 13.8. The van der Waals surface area contributed by atoms with Gasteiger partial charge >= 0.3 is 0 Å². The predicted molar refractivity (Wildman–Crippen MR) is 162 cm³/mol. The number of aryl methyl sites for hydroxylation is 1. The Morgan fingerprint density at radius 2 is 1.48 bits per heavy atom. The Hall–Kier alpha value is -4.42. The highest BCUT2D eigenvalue weighted by Crippen LogP contribution is 2.40. The lowest BCUT2D eigenvalue weighted by atomic mass is 9.98. The van der Waals surface area contributed by atoms with Crippen molar-refractivity contribution in [1.82, 2.24) is 4.90 Å². The second-order valence-corrected chi connectivity index (χ2v) is 11.0. The van der Waals surface area contributed by atoms with Crippen LogP contribution in [0.1, 0.15) is 32.7 Å². The van der Waals surface area contributed by atoms with Gasteiger partial charge in [-0.15, -0.1) is 0 Å². The molecule has 4 aromatic rings. The number of rotatable bonds is 5. The molecule has 40 heavy (non-hydrogen) atoms. The van der Waals surface area contributed by atoms with Crippen LogP contribution in [0.15, 0.2) is 97.1 Å². The van der Waals surface area contributed by atoms with Gasteiger partial charge in [0.25, 0.3) is 11.8 Å². The number of likely N-dealkylation sites (N-methyl/N-ethyl adjacent to an activating group) is 1. The minimum Gasteiger partial charge on any atom is -0.363 e. The molecule has 6 rings (SSSR count). The number of para-hydroxylation sites is 2. The van der Waals surface area contributed by atoms with E-state index in [-0.39, 0.29) is 11.8 Å². The summed E-state index contributed by atoms with van der Waals surface area (Å²) in [6.45, 7) is 3.68. The molecule has 0 radical (unpaired) electrons. The normalized spacial score (nSPS) is 17.9. The number of carbonyl (C=O) groups is 2. The topological polar surface area (TPSA) is 55.9 Å². The third-order valence-electron chi connectivity index (χ3n) is 8.17. The van der Waals surface area contributed by atoms with Gasteiger partial charge in [0.1, 0.15) is 0 Å². The summed E-state index contributed by atoms with van der Waals surface area (Å²) in [5.41, 5.74) is 6.98. The van der Waals surface area contributed by atoms with E-state index in [1.807, 2.05) is 78.6 Å². The minimum absolute atomic E-state index is 0.0250. The standard InChI is InChI=1S/C34H34N4O2/c1-23-12-14-24(15-13-23)29-8-4-5-9-30(29)33(39)35-26-18-16-25(17-19-26)34(40)38-22-28-20-27(36(2)3)21-37(28)31-10-6-7-11-32(31)38/h4-19,27-28H,20-22H2,1-3H3,(H,35,39). The highest BCUT2D eigenvalue weighted by Gasteiger charge is 2.40. The molecular weight excluding hydrogens is 496 g/mol. The molecule has 2 heterocycles. The first-order valence-corrected chi connectivity index (χ1v) is 13.8. The van der Waals surface area contributed by atoms with E-state index in [4.69, 9.17) is 0 Å². The summed E-state index contributed by atoms with van der Waals surface area (Å²) >= 11 is 0. The number of fused-ring (bicyclic) bond motifs is 3. The van der Waals surface area contributed by atoms with E-state index < -0.39 is 0 Å². The number of hydrogen-bond acceptors (Lipinski definition) is 4. The molecule has 0 aromatic heterocycles. The van der Waals surface area contributed by atoms with Gasteiger partial charge in [0.05, 0.1) is 11.4 Å². The Morgan fingerprint density at radius 3 is 2.20 bits per heavy atom. The van der Waals surface area contributed by atoms with E-state index in [0.717, 1.165) is 35.5 Å². The molecule has 2 atom stereocenters. The summed E-state index contributed by atoms with van der Waals surface area (Å²) in [6.07, 6.45) is 1.03. The highest BCUT2D eigenvalue weighted by atomic mass is 16.2. The minimum atomic E-state index is -0.183. The van der Waals surface area contributed by atoms with Crippen molar-refractivity contribution < 1.29 is 9.59 Å². The average molecular weight is 531 g/mol. The summed E-state index contributed by atoms with van der Waals surface area (Å²) in [5, 5.41) is 3.01. The lowest BCUT2D eigenvalue weighted by Gasteiger charge is -2.40. The molecule has 4 aromatic carbocycles. The summed E-state index contributed by atoms with van der Waals surface area (Å²) in [5.74, 6) is -0.208. The first kappa shape index (κ1) is 25.8. The van der Waals surface area contributed by atoms with Gasteiger partial charge in [0, 0.05) is 42.0 Å². The van der Waals surface area contributed by atoms with Gasteiger partial charge in [0.2, 0.25) is 0 Å². The van der Waals surface area contributed by atoms with Crippen molar-refractivity contribution in [3.05, 3.63) is 114 Å². The molecule has 2 aliphatic heterocycles. The number of benzene rings is 4. The van der Waals surface area contributed by atoms with E-state index in [0.29, 0.717) is 35.4 Å². The molecule has 1 N–H and O–H groups in total. The van der Waals surface area contributed by atoms with Gasteiger partial charge in [-0.2, -0.15) is 0 Å². The maximum absolute atomic E-state index is 13.8. The van der Waals surface area contributed by atoms with Gasteiger partial charge in [-0.25, -0.2) is 0 Å². The molecule has 2 aliphatic rings. The number of carbonyl (C=O) groups excluding carboxylic acids is 2. The molecule has 2 amide bonds. The van der Waals surface area contributed by atoms with Crippen molar-refractivity contribution in [2.24, 2.45) is 0 Å². The van der Waals surface area contributed by atoms with Crippen molar-refractivity contribution in [1.29, 1.82) is 0 Å². The molecule has 0 saturated carbocycles. The van der Waals surface area contributed by atoms with Gasteiger partial charge in [-0.3, -0.25) is 9.59 Å². The fourth-order valence-corrected chi connectivity index (χ4v) is 5.89. The van der Waals surface area contributed by atoms with Crippen LogP contribution in [0, 0.1) is 6.92 Å². The summed E-state index contributed by atoms with van der Waals surface area (Å²) in [6, 6.07) is 31.9. The Kier molecular flexibility index (Phi) is 6.86. The number of nitrogens with one attached hydrogen (secondary N) is 1. The predicted octanol–water partition coefficient (Wildman–Crippen LogP) is 6.08. The van der Waals surface area contributed by atoms with Crippen LogP contribution >= 0.6 is 0 Å². The van der Waals surface area contributed by atoms with Gasteiger partial charge in [-0.1, -0.05) is 60.2 Å². The lowest BCUT2D eigenvalue weighted by Crippen LogP contribution is -2.48. The zero-order valence-electron chi connectivity index (χ0n) is 23.2. The lowest BCUT2D eigenvalue weighted by molar-refractivity contribution is 0.0983. The van der Waals surface area contributed by atoms with E-state index in [2.05, 4.69) is 35.3 Å². The molecule has 2 unspecified atom stereocenters. The van der Waals surface area contributed by atoms with Gasteiger partial charge in [0.15, 0.2) is 0 Å². The van der Waals surface area contributed by atoms with Crippen molar-refractivity contribution in [2.45, 2.75) is 25.4 Å².